The number of hydrogen-bond donors (Lipinski definition) is 4. The van der Waals surface area contributed by atoms with Gasteiger partial charge in [0.05, 0.1) is 6.61 Å². The maximum Gasteiger partial charge on any atom is 0.408 e. The van der Waals surface area contributed by atoms with Crippen LogP contribution in [-0.2, 0) is 14.3 Å². The standard InChI is InChI=1S/C25H39N3O6/c1-5-6-9-15-26-22(31)21(18-13-7-8-14-20(18)30)28(17-11-10-12-17)23(32)19(16-29)27-24(33)34-25(2,3)4/h7-8,13-14,17,19,21,29-30H,5-6,9-12,15-16H2,1-4H3,(H,26,31)(H,27,33). The van der Waals surface area contributed by atoms with Crippen LogP contribution in [0.5, 0.6) is 5.75 Å². The number of aromatic hydroxyl groups is 1. The Balaban J connectivity index is 2.37. The Labute approximate surface area is 201 Å². The highest BCUT2D eigenvalue weighted by molar-refractivity contribution is 5.93. The number of phenols is 1. The summed E-state index contributed by atoms with van der Waals surface area (Å²) in [5.41, 5.74) is -0.484. The molecule has 9 nitrogen and oxygen atoms in total. The zero-order valence-electron chi connectivity index (χ0n) is 20.7. The van der Waals surface area contributed by atoms with E-state index in [9.17, 15) is 24.6 Å². The van der Waals surface area contributed by atoms with Crippen LogP contribution in [0.25, 0.3) is 0 Å². The highest BCUT2D eigenvalue weighted by atomic mass is 16.6. The van der Waals surface area contributed by atoms with Crippen molar-refractivity contribution in [2.75, 3.05) is 13.2 Å². The average Bonchev–Trinajstić information content (AvgIpc) is 2.72. The lowest BCUT2D eigenvalue weighted by atomic mass is 9.88. The molecule has 0 aliphatic heterocycles. The molecule has 0 heterocycles. The van der Waals surface area contributed by atoms with Crippen molar-refractivity contribution < 1.29 is 29.3 Å². The van der Waals surface area contributed by atoms with Gasteiger partial charge < -0.3 is 30.5 Å². The van der Waals surface area contributed by atoms with Crippen LogP contribution in [-0.4, -0.2) is 63.9 Å². The molecule has 0 bridgehead atoms. The Morgan fingerprint density at radius 2 is 1.85 bits per heavy atom. The van der Waals surface area contributed by atoms with E-state index in [0.717, 1.165) is 25.7 Å². The molecule has 1 aliphatic carbocycles. The van der Waals surface area contributed by atoms with Crippen molar-refractivity contribution >= 4 is 17.9 Å². The Kier molecular flexibility index (Phi) is 10.2. The number of para-hydroxylation sites is 1. The van der Waals surface area contributed by atoms with Gasteiger partial charge in [-0.2, -0.15) is 0 Å². The largest absolute Gasteiger partial charge is 0.508 e. The van der Waals surface area contributed by atoms with Crippen molar-refractivity contribution in [3.8, 4) is 5.75 Å². The number of hydrogen-bond acceptors (Lipinski definition) is 6. The third-order valence-electron chi connectivity index (χ3n) is 5.73. The molecular formula is C25H39N3O6. The summed E-state index contributed by atoms with van der Waals surface area (Å²) < 4.78 is 5.24. The molecule has 2 atom stereocenters. The topological polar surface area (TPSA) is 128 Å². The predicted octanol–water partition coefficient (Wildman–Crippen LogP) is 3.01. The fraction of sp³-hybridized carbons (Fsp3) is 0.640. The number of unbranched alkanes of at least 4 members (excludes halogenated alkanes) is 2. The Hall–Kier alpha value is -2.81. The van der Waals surface area contributed by atoms with E-state index in [1.54, 1.807) is 39.0 Å². The minimum Gasteiger partial charge on any atom is -0.508 e. The third kappa shape index (κ3) is 7.62. The van der Waals surface area contributed by atoms with Crippen LogP contribution < -0.4 is 10.6 Å². The van der Waals surface area contributed by atoms with Crippen LogP contribution in [0, 0.1) is 0 Å². The normalized spacial score (nSPS) is 15.6. The van der Waals surface area contributed by atoms with Crippen molar-refractivity contribution in [2.24, 2.45) is 0 Å². The van der Waals surface area contributed by atoms with Gasteiger partial charge in [-0.1, -0.05) is 38.0 Å². The summed E-state index contributed by atoms with van der Waals surface area (Å²) in [6.45, 7) is 6.94. The van der Waals surface area contributed by atoms with Crippen molar-refractivity contribution in [3.63, 3.8) is 0 Å². The van der Waals surface area contributed by atoms with Crippen molar-refractivity contribution in [3.05, 3.63) is 29.8 Å². The van der Waals surface area contributed by atoms with E-state index in [1.165, 1.54) is 11.0 Å². The van der Waals surface area contributed by atoms with Crippen LogP contribution in [0.2, 0.25) is 0 Å². The molecule has 1 aromatic rings. The molecule has 0 radical (unpaired) electrons. The van der Waals surface area contributed by atoms with E-state index in [2.05, 4.69) is 17.6 Å². The van der Waals surface area contributed by atoms with Gasteiger partial charge in [-0.25, -0.2) is 4.79 Å². The number of benzene rings is 1. The number of amides is 3. The molecule has 9 heteroatoms. The molecule has 1 saturated carbocycles. The summed E-state index contributed by atoms with van der Waals surface area (Å²) in [4.78, 5) is 40.7. The molecule has 0 spiro atoms. The van der Waals surface area contributed by atoms with Crippen molar-refractivity contribution in [1.29, 1.82) is 0 Å². The molecule has 1 aliphatic rings. The molecule has 3 amide bonds. The van der Waals surface area contributed by atoms with Crippen molar-refractivity contribution in [2.45, 2.75) is 89.9 Å². The van der Waals surface area contributed by atoms with E-state index < -0.39 is 42.2 Å². The quantitative estimate of drug-likeness (QED) is 0.363. The van der Waals surface area contributed by atoms with E-state index in [-0.39, 0.29) is 11.8 Å². The number of aliphatic hydroxyl groups excluding tert-OH is 1. The second kappa shape index (κ2) is 12.6. The number of carbonyl (C=O) groups is 3. The molecule has 2 unspecified atom stereocenters. The fourth-order valence-electron chi connectivity index (χ4n) is 3.82. The lowest BCUT2D eigenvalue weighted by Gasteiger charge is -2.43. The second-order valence-electron chi connectivity index (χ2n) is 9.67. The number of phenolic OH excluding ortho intramolecular Hbond substituents is 1. The van der Waals surface area contributed by atoms with E-state index in [4.69, 9.17) is 4.74 Å². The monoisotopic (exact) mass is 477 g/mol. The van der Waals surface area contributed by atoms with E-state index in [1.807, 2.05) is 0 Å². The molecular weight excluding hydrogens is 438 g/mol. The first-order chi connectivity index (χ1) is 16.1. The van der Waals surface area contributed by atoms with Gasteiger partial charge in [0.1, 0.15) is 23.4 Å². The maximum atomic E-state index is 13.7. The van der Waals surface area contributed by atoms with Crippen LogP contribution in [0.3, 0.4) is 0 Å². The van der Waals surface area contributed by atoms with Gasteiger partial charge in [0, 0.05) is 18.2 Å². The van der Waals surface area contributed by atoms with Gasteiger partial charge in [0.15, 0.2) is 0 Å². The molecule has 0 aromatic heterocycles. The first kappa shape index (κ1) is 27.4. The van der Waals surface area contributed by atoms with E-state index in [0.29, 0.717) is 24.9 Å². The molecule has 1 fully saturated rings. The number of alkyl carbamates (subject to hydrolysis) is 1. The Morgan fingerprint density at radius 1 is 1.18 bits per heavy atom. The molecule has 34 heavy (non-hydrogen) atoms. The minimum absolute atomic E-state index is 0.103. The molecule has 4 N–H and O–H groups in total. The first-order valence-electron chi connectivity index (χ1n) is 12.1. The smallest absolute Gasteiger partial charge is 0.408 e. The van der Waals surface area contributed by atoms with Crippen LogP contribution in [0.4, 0.5) is 4.79 Å². The summed E-state index contributed by atoms with van der Waals surface area (Å²) in [6, 6.07) is 3.77. The average molecular weight is 478 g/mol. The molecule has 2 rings (SSSR count). The highest BCUT2D eigenvalue weighted by Crippen LogP contribution is 2.36. The number of rotatable bonds is 11. The van der Waals surface area contributed by atoms with Crippen LogP contribution >= 0.6 is 0 Å². The van der Waals surface area contributed by atoms with Gasteiger partial charge in [-0.15, -0.1) is 0 Å². The van der Waals surface area contributed by atoms with E-state index >= 15 is 0 Å². The summed E-state index contributed by atoms with van der Waals surface area (Å²) in [5.74, 6) is -1.11. The molecule has 0 saturated heterocycles. The molecule has 190 valence electrons. The maximum absolute atomic E-state index is 13.7. The SMILES string of the molecule is CCCCCNC(=O)C(c1ccccc1O)N(C(=O)C(CO)NC(=O)OC(C)(C)C)C1CCC1. The zero-order chi connectivity index (χ0) is 25.3. The third-order valence-corrected chi connectivity index (χ3v) is 5.73. The van der Waals surface area contributed by atoms with Crippen LogP contribution in [0.15, 0.2) is 24.3 Å². The van der Waals surface area contributed by atoms with Gasteiger partial charge in [-0.3, -0.25) is 9.59 Å². The fourth-order valence-corrected chi connectivity index (χ4v) is 3.82. The van der Waals surface area contributed by atoms with Gasteiger partial charge in [0.25, 0.3) is 0 Å². The Bertz CT molecular complexity index is 834. The zero-order valence-corrected chi connectivity index (χ0v) is 20.7. The minimum atomic E-state index is -1.29. The summed E-state index contributed by atoms with van der Waals surface area (Å²) in [5, 5.41) is 25.8. The number of nitrogens with zero attached hydrogens (tertiary/aromatic N) is 1. The van der Waals surface area contributed by atoms with Crippen LogP contribution in [0.1, 0.15) is 77.8 Å². The van der Waals surface area contributed by atoms with Crippen molar-refractivity contribution in [1.82, 2.24) is 15.5 Å². The number of ether oxygens (including phenoxy) is 1. The predicted molar refractivity (Wildman–Crippen MR) is 128 cm³/mol. The first-order valence-corrected chi connectivity index (χ1v) is 12.1. The van der Waals surface area contributed by atoms with Gasteiger partial charge in [-0.05, 0) is 52.5 Å². The van der Waals surface area contributed by atoms with Gasteiger partial charge in [0.2, 0.25) is 11.8 Å². The number of aliphatic hydroxyl groups is 1. The summed E-state index contributed by atoms with van der Waals surface area (Å²) >= 11 is 0. The highest BCUT2D eigenvalue weighted by Gasteiger charge is 2.42. The lowest BCUT2D eigenvalue weighted by molar-refractivity contribution is -0.148. The number of nitrogens with one attached hydrogen (secondary N) is 2. The summed E-state index contributed by atoms with van der Waals surface area (Å²) in [7, 11) is 0. The van der Waals surface area contributed by atoms with Gasteiger partial charge >= 0.3 is 6.09 Å². The number of carbonyl (C=O) groups excluding carboxylic acids is 3. The second-order valence-corrected chi connectivity index (χ2v) is 9.67. The Morgan fingerprint density at radius 3 is 2.38 bits per heavy atom. The lowest BCUT2D eigenvalue weighted by Crippen LogP contribution is -2.58. The molecule has 1 aromatic carbocycles. The summed E-state index contributed by atoms with van der Waals surface area (Å²) in [6.07, 6.45) is 4.18.